The van der Waals surface area contributed by atoms with Gasteiger partial charge in [0.1, 0.15) is 0 Å². The van der Waals surface area contributed by atoms with Crippen molar-refractivity contribution in [3.63, 3.8) is 0 Å². The minimum absolute atomic E-state index is 1.21. The van der Waals surface area contributed by atoms with Crippen LogP contribution in [-0.4, -0.2) is 28.2 Å². The predicted molar refractivity (Wildman–Crippen MR) is 103 cm³/mol. The molecule has 0 atom stereocenters. The number of hydrogen-bond donors (Lipinski definition) is 0. The molecule has 0 aliphatic carbocycles. The van der Waals surface area contributed by atoms with Gasteiger partial charge in [-0.05, 0) is 47.9 Å². The van der Waals surface area contributed by atoms with Crippen molar-refractivity contribution in [2.75, 3.05) is 38.0 Å². The van der Waals surface area contributed by atoms with Crippen LogP contribution >= 0.6 is 0 Å². The molecule has 0 aliphatic rings. The summed E-state index contributed by atoms with van der Waals surface area (Å²) in [6, 6.07) is 17.4. The lowest BCUT2D eigenvalue weighted by molar-refractivity contribution is 1.13. The zero-order valence-corrected chi connectivity index (χ0v) is 14.7. The minimum Gasteiger partial charge on any atom is -0.378 e. The van der Waals surface area contributed by atoms with Crippen LogP contribution < -0.4 is 9.80 Å². The van der Waals surface area contributed by atoms with Crippen LogP contribution in [0.1, 0.15) is 18.1 Å². The molecular formula is C21H26N2. The van der Waals surface area contributed by atoms with Crippen LogP contribution in [0, 0.1) is 0 Å². The molecule has 2 heteroatoms. The van der Waals surface area contributed by atoms with Crippen molar-refractivity contribution in [2.45, 2.75) is 6.92 Å². The van der Waals surface area contributed by atoms with Crippen molar-refractivity contribution < 1.29 is 0 Å². The topological polar surface area (TPSA) is 6.48 Å². The molecule has 0 bridgehead atoms. The smallest absolute Gasteiger partial charge is 0.0361 e. The molecular weight excluding hydrogens is 280 g/mol. The maximum absolute atomic E-state index is 2.19. The lowest BCUT2D eigenvalue weighted by Crippen LogP contribution is -2.08. The van der Waals surface area contributed by atoms with Gasteiger partial charge in [-0.25, -0.2) is 0 Å². The summed E-state index contributed by atoms with van der Waals surface area (Å²) in [5.74, 6) is 0. The van der Waals surface area contributed by atoms with E-state index in [9.17, 15) is 0 Å². The highest BCUT2D eigenvalue weighted by Crippen LogP contribution is 2.27. The molecule has 2 rings (SSSR count). The number of benzene rings is 2. The van der Waals surface area contributed by atoms with Crippen LogP contribution in [0.25, 0.3) is 5.57 Å². The van der Waals surface area contributed by atoms with Crippen molar-refractivity contribution >= 4 is 16.9 Å². The van der Waals surface area contributed by atoms with Gasteiger partial charge < -0.3 is 9.80 Å². The number of allylic oxidation sites excluding steroid dienone is 3. The highest BCUT2D eigenvalue weighted by atomic mass is 15.1. The van der Waals surface area contributed by atoms with Gasteiger partial charge in [-0.2, -0.15) is 0 Å². The van der Waals surface area contributed by atoms with E-state index in [-0.39, 0.29) is 0 Å². The van der Waals surface area contributed by atoms with Gasteiger partial charge >= 0.3 is 0 Å². The van der Waals surface area contributed by atoms with Gasteiger partial charge in [0.2, 0.25) is 0 Å². The van der Waals surface area contributed by atoms with Crippen molar-refractivity contribution in [1.29, 1.82) is 0 Å². The molecule has 0 saturated carbocycles. The molecule has 23 heavy (non-hydrogen) atoms. The third-order valence-electron chi connectivity index (χ3n) is 3.84. The summed E-state index contributed by atoms with van der Waals surface area (Å²) in [6.07, 6.45) is 6.33. The summed E-state index contributed by atoms with van der Waals surface area (Å²) < 4.78 is 0. The lowest BCUT2D eigenvalue weighted by Gasteiger charge is -2.15. The molecule has 0 radical (unpaired) electrons. The first-order valence-corrected chi connectivity index (χ1v) is 7.91. The van der Waals surface area contributed by atoms with Crippen molar-refractivity contribution in [3.8, 4) is 0 Å². The maximum atomic E-state index is 2.19. The van der Waals surface area contributed by atoms with Gasteiger partial charge in [-0.15, -0.1) is 0 Å². The van der Waals surface area contributed by atoms with Crippen LogP contribution in [0.3, 0.4) is 0 Å². The second-order valence-corrected chi connectivity index (χ2v) is 5.99. The van der Waals surface area contributed by atoms with Gasteiger partial charge in [-0.1, -0.05) is 42.5 Å². The molecule has 2 aromatic rings. The minimum atomic E-state index is 1.21. The highest BCUT2D eigenvalue weighted by Gasteiger charge is 2.06. The predicted octanol–water partition coefficient (Wildman–Crippen LogP) is 4.83. The van der Waals surface area contributed by atoms with Crippen molar-refractivity contribution in [1.82, 2.24) is 0 Å². The van der Waals surface area contributed by atoms with E-state index in [1.54, 1.807) is 0 Å². The summed E-state index contributed by atoms with van der Waals surface area (Å²) in [7, 11) is 8.24. The molecule has 0 aromatic heterocycles. The molecule has 0 spiro atoms. The number of nitrogens with zero attached hydrogens (tertiary/aromatic N) is 2. The van der Waals surface area contributed by atoms with Gasteiger partial charge in [-0.3, -0.25) is 0 Å². The Kier molecular flexibility index (Phi) is 5.64. The number of hydrogen-bond acceptors (Lipinski definition) is 2. The average Bonchev–Trinajstić information content (AvgIpc) is 2.56. The molecule has 0 N–H and O–H groups in total. The molecule has 2 aromatic carbocycles. The monoisotopic (exact) mass is 306 g/mol. The van der Waals surface area contributed by atoms with E-state index in [2.05, 4.69) is 105 Å². The zero-order chi connectivity index (χ0) is 16.8. The summed E-state index contributed by atoms with van der Waals surface area (Å²) in [4.78, 5) is 4.23. The molecule has 120 valence electrons. The lowest BCUT2D eigenvalue weighted by atomic mass is 9.97. The third kappa shape index (κ3) is 4.26. The Morgan fingerprint density at radius 2 is 1.09 bits per heavy atom. The molecule has 0 aliphatic heterocycles. The second kappa shape index (κ2) is 7.68. The Balaban J connectivity index is 2.41. The van der Waals surface area contributed by atoms with Gasteiger partial charge in [0.25, 0.3) is 0 Å². The van der Waals surface area contributed by atoms with Crippen LogP contribution in [0.5, 0.6) is 0 Å². The standard InChI is InChI=1S/C21H26N2/c1-6-7-8-21(17-9-13-19(14-10-17)22(2)3)18-11-15-20(16-12-18)23(4)5/h6-16H,1-5H3. The van der Waals surface area contributed by atoms with E-state index in [0.29, 0.717) is 0 Å². The van der Waals surface area contributed by atoms with Crippen LogP contribution in [0.4, 0.5) is 11.4 Å². The van der Waals surface area contributed by atoms with Crippen LogP contribution in [0.15, 0.2) is 66.8 Å². The van der Waals surface area contributed by atoms with E-state index in [1.165, 1.54) is 28.1 Å². The first kappa shape index (κ1) is 16.9. The van der Waals surface area contributed by atoms with Crippen molar-refractivity contribution in [3.05, 3.63) is 77.9 Å². The Bertz CT molecular complexity index is 621. The summed E-state index contributed by atoms with van der Waals surface area (Å²) in [5.41, 5.74) is 6.11. The molecule has 0 unspecified atom stereocenters. The van der Waals surface area contributed by atoms with Crippen molar-refractivity contribution in [2.24, 2.45) is 0 Å². The molecule has 2 nitrogen and oxygen atoms in total. The van der Waals surface area contributed by atoms with E-state index in [0.717, 1.165) is 0 Å². The Morgan fingerprint density at radius 3 is 1.39 bits per heavy atom. The fraction of sp³-hybridized carbons (Fsp3) is 0.238. The summed E-state index contributed by atoms with van der Waals surface area (Å²) >= 11 is 0. The second-order valence-electron chi connectivity index (χ2n) is 5.99. The number of rotatable bonds is 5. The Labute approximate surface area is 140 Å². The van der Waals surface area contributed by atoms with Crippen LogP contribution in [0.2, 0.25) is 0 Å². The van der Waals surface area contributed by atoms with E-state index in [1.807, 2.05) is 6.92 Å². The first-order valence-electron chi connectivity index (χ1n) is 7.91. The van der Waals surface area contributed by atoms with Gasteiger partial charge in [0.05, 0.1) is 0 Å². The largest absolute Gasteiger partial charge is 0.378 e. The fourth-order valence-corrected chi connectivity index (χ4v) is 2.43. The fourth-order valence-electron chi connectivity index (χ4n) is 2.43. The Morgan fingerprint density at radius 1 is 0.696 bits per heavy atom. The average molecular weight is 306 g/mol. The molecule has 0 heterocycles. The SMILES string of the molecule is CC=CC=C(c1ccc(N(C)C)cc1)c1ccc(N(C)C)cc1. The molecule has 0 amide bonds. The third-order valence-corrected chi connectivity index (χ3v) is 3.84. The van der Waals surface area contributed by atoms with Crippen LogP contribution in [-0.2, 0) is 0 Å². The summed E-state index contributed by atoms with van der Waals surface area (Å²) in [5, 5.41) is 0. The van der Waals surface area contributed by atoms with Gasteiger partial charge in [0, 0.05) is 39.6 Å². The van der Waals surface area contributed by atoms with E-state index < -0.39 is 0 Å². The highest BCUT2D eigenvalue weighted by molar-refractivity contribution is 5.82. The zero-order valence-electron chi connectivity index (χ0n) is 14.7. The quantitative estimate of drug-likeness (QED) is 0.730. The summed E-state index contributed by atoms with van der Waals surface area (Å²) in [6.45, 7) is 2.04. The van der Waals surface area contributed by atoms with E-state index >= 15 is 0 Å². The first-order chi connectivity index (χ1) is 11.0. The van der Waals surface area contributed by atoms with Gasteiger partial charge in [0.15, 0.2) is 0 Å². The number of anilines is 2. The molecule has 0 saturated heterocycles. The normalized spacial score (nSPS) is 10.7. The van der Waals surface area contributed by atoms with E-state index in [4.69, 9.17) is 0 Å². The Hall–Kier alpha value is -2.48. The molecule has 0 fully saturated rings. The maximum Gasteiger partial charge on any atom is 0.0361 e.